The minimum Gasteiger partial charge on any atom is -0.466 e. The minimum atomic E-state index is -1.01. The minimum absolute atomic E-state index is 0.0174. The van der Waals surface area contributed by atoms with Gasteiger partial charge in [0.05, 0.1) is 13.0 Å². The Morgan fingerprint density at radius 2 is 1.70 bits per heavy atom. The fourth-order valence-electron chi connectivity index (χ4n) is 4.23. The van der Waals surface area contributed by atoms with Crippen LogP contribution in [0.3, 0.4) is 0 Å². The van der Waals surface area contributed by atoms with Gasteiger partial charge in [0, 0.05) is 18.8 Å². The van der Waals surface area contributed by atoms with Gasteiger partial charge in [0.15, 0.2) is 0 Å². The number of nitrogens with zero attached hydrogens (tertiary/aromatic N) is 1. The van der Waals surface area contributed by atoms with Gasteiger partial charge in [-0.15, -0.1) is 0 Å². The predicted octanol–water partition coefficient (Wildman–Crippen LogP) is 5.04. The van der Waals surface area contributed by atoms with Crippen molar-refractivity contribution in [1.82, 2.24) is 15.5 Å². The molecule has 0 aliphatic carbocycles. The molecule has 1 aromatic rings. The molecule has 10 heteroatoms. The Bertz CT molecular complexity index is 979. The van der Waals surface area contributed by atoms with Crippen LogP contribution in [0.2, 0.25) is 0 Å². The molecule has 0 saturated heterocycles. The predicted molar refractivity (Wildman–Crippen MR) is 160 cm³/mol. The van der Waals surface area contributed by atoms with Crippen molar-refractivity contribution in [3.05, 3.63) is 34.9 Å². The third kappa shape index (κ3) is 12.2. The number of thiol groups is 1. The summed E-state index contributed by atoms with van der Waals surface area (Å²) in [4.78, 5) is 53.7. The van der Waals surface area contributed by atoms with Gasteiger partial charge in [-0.3, -0.25) is 14.4 Å². The molecule has 2 unspecified atom stereocenters. The number of rotatable bonds is 16. The average molecular weight is 580 g/mol. The summed E-state index contributed by atoms with van der Waals surface area (Å²) >= 11 is 4.35. The molecule has 0 spiro atoms. The Balaban J connectivity index is 3.41. The molecule has 2 atom stereocenters. The zero-order valence-corrected chi connectivity index (χ0v) is 26.2. The summed E-state index contributed by atoms with van der Waals surface area (Å²) in [6, 6.07) is 3.67. The third-order valence-corrected chi connectivity index (χ3v) is 6.76. The van der Waals surface area contributed by atoms with Gasteiger partial charge in [0.25, 0.3) is 0 Å². The quantitative estimate of drug-likeness (QED) is 0.144. The average Bonchev–Trinajstić information content (AvgIpc) is 2.87. The first-order chi connectivity index (χ1) is 18.9. The lowest BCUT2D eigenvalue weighted by molar-refractivity contribution is -0.144. The fourth-order valence-corrected chi connectivity index (χ4v) is 4.47. The Labute approximate surface area is 245 Å². The highest BCUT2D eigenvalue weighted by Gasteiger charge is 2.36. The second-order valence-electron chi connectivity index (χ2n) is 10.9. The van der Waals surface area contributed by atoms with Crippen molar-refractivity contribution in [2.24, 2.45) is 0 Å². The van der Waals surface area contributed by atoms with Crippen LogP contribution in [0, 0.1) is 13.8 Å². The van der Waals surface area contributed by atoms with Crippen LogP contribution in [-0.2, 0) is 23.9 Å². The molecular formula is C30H49N3O6S. The fraction of sp³-hybridized carbons (Fsp3) is 0.667. The number of benzene rings is 1. The van der Waals surface area contributed by atoms with Gasteiger partial charge < -0.3 is 25.0 Å². The summed E-state index contributed by atoms with van der Waals surface area (Å²) in [5.74, 6) is -1.22. The van der Waals surface area contributed by atoms with Crippen molar-refractivity contribution in [2.75, 3.05) is 25.4 Å². The van der Waals surface area contributed by atoms with Crippen LogP contribution in [0.25, 0.3) is 0 Å². The lowest BCUT2D eigenvalue weighted by Gasteiger charge is -2.35. The van der Waals surface area contributed by atoms with Crippen molar-refractivity contribution in [3.8, 4) is 0 Å². The van der Waals surface area contributed by atoms with Crippen LogP contribution >= 0.6 is 12.6 Å². The van der Waals surface area contributed by atoms with Crippen molar-refractivity contribution in [2.45, 2.75) is 105 Å². The Hall–Kier alpha value is -2.75. The van der Waals surface area contributed by atoms with E-state index in [2.05, 4.69) is 30.2 Å². The van der Waals surface area contributed by atoms with Crippen LogP contribution in [0.1, 0.15) is 95.9 Å². The zero-order chi connectivity index (χ0) is 30.3. The number of ether oxygens (including phenoxy) is 2. The molecule has 226 valence electrons. The van der Waals surface area contributed by atoms with Gasteiger partial charge in [0.1, 0.15) is 17.7 Å². The van der Waals surface area contributed by atoms with E-state index in [4.69, 9.17) is 9.47 Å². The van der Waals surface area contributed by atoms with Crippen LogP contribution in [0.15, 0.2) is 18.2 Å². The maximum atomic E-state index is 14.0. The van der Waals surface area contributed by atoms with Gasteiger partial charge in [0.2, 0.25) is 11.8 Å². The Kier molecular flexibility index (Phi) is 15.7. The number of nitrogens with one attached hydrogen (secondary N) is 2. The maximum Gasteiger partial charge on any atom is 0.408 e. The molecule has 0 bridgehead atoms. The van der Waals surface area contributed by atoms with Gasteiger partial charge in [-0.2, -0.15) is 12.6 Å². The van der Waals surface area contributed by atoms with Gasteiger partial charge in [-0.1, -0.05) is 50.8 Å². The Morgan fingerprint density at radius 3 is 2.30 bits per heavy atom. The molecule has 0 aromatic heterocycles. The van der Waals surface area contributed by atoms with Crippen molar-refractivity contribution in [3.63, 3.8) is 0 Å². The summed E-state index contributed by atoms with van der Waals surface area (Å²) < 4.78 is 10.3. The molecule has 40 heavy (non-hydrogen) atoms. The van der Waals surface area contributed by atoms with Crippen molar-refractivity contribution < 1.29 is 28.7 Å². The number of alkyl carbamates (subject to hydrolysis) is 1. The molecule has 2 N–H and O–H groups in total. The highest BCUT2D eigenvalue weighted by atomic mass is 32.1. The first-order valence-corrected chi connectivity index (χ1v) is 14.9. The summed E-state index contributed by atoms with van der Waals surface area (Å²) in [6.07, 6.45) is 4.06. The first-order valence-electron chi connectivity index (χ1n) is 14.3. The van der Waals surface area contributed by atoms with E-state index in [1.807, 2.05) is 32.0 Å². The number of amides is 3. The molecule has 0 heterocycles. The van der Waals surface area contributed by atoms with E-state index in [0.29, 0.717) is 18.5 Å². The van der Waals surface area contributed by atoms with E-state index in [0.717, 1.165) is 36.8 Å². The van der Waals surface area contributed by atoms with Crippen molar-refractivity contribution >= 4 is 36.5 Å². The van der Waals surface area contributed by atoms with Crippen LogP contribution in [0.5, 0.6) is 0 Å². The summed E-state index contributed by atoms with van der Waals surface area (Å²) in [5.41, 5.74) is 1.81. The number of unbranched alkanes of at least 4 members (excludes halogenated alkanes) is 4. The van der Waals surface area contributed by atoms with E-state index >= 15 is 0 Å². The second-order valence-corrected chi connectivity index (χ2v) is 11.2. The molecular weight excluding hydrogens is 530 g/mol. The number of carbonyl (C=O) groups excluding carboxylic acids is 4. The first kappa shape index (κ1) is 35.3. The Morgan fingerprint density at radius 1 is 1.02 bits per heavy atom. The largest absolute Gasteiger partial charge is 0.466 e. The standard InChI is InChI=1S/C30H49N3O6S/c1-8-10-11-12-13-19-33(28(36)24(20-40)32-29(37)39-30(5,6)7)26(23-16-14-15-21(3)22(23)4)27(35)31-18-17-25(34)38-9-2/h14-16,24,26,40H,8-13,17-20H2,1-7H3,(H,31,35)(H,32,37). The number of esters is 1. The van der Waals surface area contributed by atoms with Crippen molar-refractivity contribution in [1.29, 1.82) is 0 Å². The summed E-state index contributed by atoms with van der Waals surface area (Å²) in [5, 5.41) is 5.46. The molecule has 9 nitrogen and oxygen atoms in total. The molecule has 1 aromatic carbocycles. The SMILES string of the molecule is CCCCCCCN(C(=O)C(CS)NC(=O)OC(C)(C)C)C(C(=O)NCCC(=O)OCC)c1cccc(C)c1C. The van der Waals surface area contributed by atoms with Crippen LogP contribution in [-0.4, -0.2) is 65.9 Å². The van der Waals surface area contributed by atoms with Gasteiger partial charge in [-0.05, 0) is 64.7 Å². The maximum absolute atomic E-state index is 14.0. The molecule has 0 radical (unpaired) electrons. The molecule has 0 saturated carbocycles. The second kappa shape index (κ2) is 17.8. The molecule has 3 amide bonds. The van der Waals surface area contributed by atoms with Crippen LogP contribution < -0.4 is 10.6 Å². The van der Waals surface area contributed by atoms with E-state index < -0.39 is 41.6 Å². The number of hydrogen-bond donors (Lipinski definition) is 3. The third-order valence-electron chi connectivity index (χ3n) is 6.39. The van der Waals surface area contributed by atoms with E-state index in [9.17, 15) is 19.2 Å². The molecule has 0 fully saturated rings. The molecule has 0 aliphatic heterocycles. The smallest absolute Gasteiger partial charge is 0.408 e. The normalized spacial score (nSPS) is 12.7. The number of aryl methyl sites for hydroxylation is 1. The summed E-state index contributed by atoms with van der Waals surface area (Å²) in [6.45, 7) is 13.6. The molecule has 0 aliphatic rings. The summed E-state index contributed by atoms with van der Waals surface area (Å²) in [7, 11) is 0. The number of carbonyl (C=O) groups is 4. The van der Waals surface area contributed by atoms with Crippen LogP contribution in [0.4, 0.5) is 4.79 Å². The topological polar surface area (TPSA) is 114 Å². The number of hydrogen-bond acceptors (Lipinski definition) is 7. The lowest BCUT2D eigenvalue weighted by Crippen LogP contribution is -2.54. The monoisotopic (exact) mass is 579 g/mol. The zero-order valence-electron chi connectivity index (χ0n) is 25.3. The lowest BCUT2D eigenvalue weighted by atomic mass is 9.94. The van der Waals surface area contributed by atoms with E-state index in [1.165, 1.54) is 4.90 Å². The van der Waals surface area contributed by atoms with E-state index in [-0.39, 0.29) is 25.3 Å². The molecule has 1 rings (SSSR count). The van der Waals surface area contributed by atoms with Gasteiger partial charge >= 0.3 is 12.1 Å². The van der Waals surface area contributed by atoms with E-state index in [1.54, 1.807) is 27.7 Å². The highest BCUT2D eigenvalue weighted by Crippen LogP contribution is 2.28. The highest BCUT2D eigenvalue weighted by molar-refractivity contribution is 7.80. The van der Waals surface area contributed by atoms with Gasteiger partial charge in [-0.25, -0.2) is 4.79 Å².